The lowest BCUT2D eigenvalue weighted by Crippen LogP contribution is -2.45. The van der Waals surface area contributed by atoms with E-state index in [2.05, 4.69) is 32.6 Å². The van der Waals surface area contributed by atoms with E-state index in [0.29, 0.717) is 5.69 Å². The SMILES string of the molecule is Cc1ccccc1NC(=O)[C@@H](Cc1ccccc1)NS(=O)(=O)c1ccc(I)cc1. The normalized spacial score (nSPS) is 12.3. The van der Waals surface area contributed by atoms with Crippen molar-refractivity contribution in [2.75, 3.05) is 5.32 Å². The highest BCUT2D eigenvalue weighted by Crippen LogP contribution is 2.17. The number of sulfonamides is 1. The van der Waals surface area contributed by atoms with E-state index in [0.717, 1.165) is 14.7 Å². The van der Waals surface area contributed by atoms with Crippen LogP contribution in [0.25, 0.3) is 0 Å². The van der Waals surface area contributed by atoms with Gasteiger partial charge in [0.15, 0.2) is 0 Å². The van der Waals surface area contributed by atoms with E-state index >= 15 is 0 Å². The Morgan fingerprint density at radius 2 is 1.55 bits per heavy atom. The quantitative estimate of drug-likeness (QED) is 0.461. The minimum atomic E-state index is -3.86. The van der Waals surface area contributed by atoms with E-state index in [1.165, 1.54) is 12.1 Å². The fourth-order valence-corrected chi connectivity index (χ4v) is 4.39. The van der Waals surface area contributed by atoms with Gasteiger partial charge >= 0.3 is 0 Å². The van der Waals surface area contributed by atoms with Gasteiger partial charge in [0.05, 0.1) is 4.90 Å². The fraction of sp³-hybridized carbons (Fsp3) is 0.136. The summed E-state index contributed by atoms with van der Waals surface area (Å²) in [5, 5.41) is 2.85. The second-order valence-corrected chi connectivity index (χ2v) is 9.58. The van der Waals surface area contributed by atoms with Crippen LogP contribution in [0, 0.1) is 10.5 Å². The molecule has 0 saturated heterocycles. The van der Waals surface area contributed by atoms with Crippen molar-refractivity contribution in [1.82, 2.24) is 4.72 Å². The number of hydrogen-bond donors (Lipinski definition) is 2. The molecule has 0 aliphatic carbocycles. The molecule has 3 rings (SSSR count). The summed E-state index contributed by atoms with van der Waals surface area (Å²) < 4.78 is 29.3. The van der Waals surface area contributed by atoms with Crippen molar-refractivity contribution in [3.8, 4) is 0 Å². The standard InChI is InChI=1S/C22H21IN2O3S/c1-16-7-5-6-10-20(16)24-22(26)21(15-17-8-3-2-4-9-17)25-29(27,28)19-13-11-18(23)12-14-19/h2-14,21,25H,15H2,1H3,(H,24,26)/t21-/m1/s1. The van der Waals surface area contributed by atoms with Crippen LogP contribution in [-0.2, 0) is 21.2 Å². The van der Waals surface area contributed by atoms with Crippen LogP contribution < -0.4 is 10.0 Å². The van der Waals surface area contributed by atoms with Gasteiger partial charge in [-0.1, -0.05) is 48.5 Å². The molecule has 3 aromatic rings. The van der Waals surface area contributed by atoms with Crippen LogP contribution in [0.3, 0.4) is 0 Å². The number of benzene rings is 3. The summed E-state index contributed by atoms with van der Waals surface area (Å²) in [4.78, 5) is 13.1. The van der Waals surface area contributed by atoms with Gasteiger partial charge in [-0.25, -0.2) is 8.42 Å². The zero-order valence-electron chi connectivity index (χ0n) is 15.8. The monoisotopic (exact) mass is 520 g/mol. The Balaban J connectivity index is 1.87. The zero-order chi connectivity index (χ0) is 20.9. The third-order valence-electron chi connectivity index (χ3n) is 4.42. The molecular weight excluding hydrogens is 499 g/mol. The van der Waals surface area contributed by atoms with Crippen LogP contribution in [0.1, 0.15) is 11.1 Å². The van der Waals surface area contributed by atoms with Crippen LogP contribution in [0.4, 0.5) is 5.69 Å². The highest BCUT2D eigenvalue weighted by molar-refractivity contribution is 14.1. The lowest BCUT2D eigenvalue weighted by molar-refractivity contribution is -0.117. The summed E-state index contributed by atoms with van der Waals surface area (Å²) in [5.41, 5.74) is 2.42. The minimum Gasteiger partial charge on any atom is -0.324 e. The summed E-state index contributed by atoms with van der Waals surface area (Å²) in [6, 6.07) is 22.3. The number of nitrogens with one attached hydrogen (secondary N) is 2. The number of hydrogen-bond acceptors (Lipinski definition) is 3. The number of carbonyl (C=O) groups is 1. The summed E-state index contributed by atoms with van der Waals surface area (Å²) in [6.07, 6.45) is 0.238. The van der Waals surface area contributed by atoms with Gasteiger partial charge < -0.3 is 5.32 Å². The number of para-hydroxylation sites is 1. The van der Waals surface area contributed by atoms with Gasteiger partial charge in [0, 0.05) is 9.26 Å². The first-order valence-corrected chi connectivity index (χ1v) is 11.6. The average molecular weight is 520 g/mol. The molecule has 5 nitrogen and oxygen atoms in total. The number of carbonyl (C=O) groups excluding carboxylic acids is 1. The molecule has 2 N–H and O–H groups in total. The molecule has 3 aromatic carbocycles. The Bertz CT molecular complexity index is 1080. The number of anilines is 1. The highest BCUT2D eigenvalue weighted by atomic mass is 127. The molecule has 0 spiro atoms. The Morgan fingerprint density at radius 1 is 0.931 bits per heavy atom. The number of amides is 1. The summed E-state index contributed by atoms with van der Waals surface area (Å²) >= 11 is 2.11. The molecule has 1 amide bonds. The first-order chi connectivity index (χ1) is 13.8. The van der Waals surface area contributed by atoms with Gasteiger partial charge in [-0.15, -0.1) is 0 Å². The van der Waals surface area contributed by atoms with Crippen LogP contribution in [0.2, 0.25) is 0 Å². The molecule has 0 aromatic heterocycles. The summed E-state index contributed by atoms with van der Waals surface area (Å²) in [6.45, 7) is 1.89. The van der Waals surface area contributed by atoms with Crippen molar-refractivity contribution in [3.63, 3.8) is 0 Å². The molecule has 0 aliphatic heterocycles. The summed E-state index contributed by atoms with van der Waals surface area (Å²) in [7, 11) is -3.86. The van der Waals surface area contributed by atoms with Crippen LogP contribution in [-0.4, -0.2) is 20.4 Å². The van der Waals surface area contributed by atoms with Gasteiger partial charge in [-0.3, -0.25) is 4.79 Å². The lowest BCUT2D eigenvalue weighted by atomic mass is 10.1. The van der Waals surface area contributed by atoms with Crippen molar-refractivity contribution in [2.45, 2.75) is 24.3 Å². The zero-order valence-corrected chi connectivity index (χ0v) is 18.8. The number of rotatable bonds is 7. The predicted octanol–water partition coefficient (Wildman–Crippen LogP) is 4.13. The minimum absolute atomic E-state index is 0.125. The average Bonchev–Trinajstić information content (AvgIpc) is 2.70. The van der Waals surface area contributed by atoms with E-state index in [-0.39, 0.29) is 11.3 Å². The number of halogens is 1. The second kappa shape index (κ2) is 9.51. The molecule has 0 heterocycles. The lowest BCUT2D eigenvalue weighted by Gasteiger charge is -2.19. The molecule has 0 radical (unpaired) electrons. The smallest absolute Gasteiger partial charge is 0.242 e. The van der Waals surface area contributed by atoms with Crippen LogP contribution >= 0.6 is 22.6 Å². The van der Waals surface area contributed by atoms with Crippen molar-refractivity contribution >= 4 is 44.2 Å². The van der Waals surface area contributed by atoms with E-state index in [1.807, 2.05) is 55.5 Å². The van der Waals surface area contributed by atoms with Crippen molar-refractivity contribution in [2.24, 2.45) is 0 Å². The Hall–Kier alpha value is -2.23. The molecule has 0 fully saturated rings. The van der Waals surface area contributed by atoms with E-state index in [9.17, 15) is 13.2 Å². The molecule has 0 bridgehead atoms. The first kappa shape index (κ1) is 21.5. The van der Waals surface area contributed by atoms with E-state index in [4.69, 9.17) is 0 Å². The van der Waals surface area contributed by atoms with E-state index < -0.39 is 22.0 Å². The topological polar surface area (TPSA) is 75.3 Å². The van der Waals surface area contributed by atoms with Crippen LogP contribution in [0.15, 0.2) is 83.8 Å². The van der Waals surface area contributed by atoms with Gasteiger partial charge in [0.1, 0.15) is 6.04 Å². The van der Waals surface area contributed by atoms with E-state index in [1.54, 1.807) is 18.2 Å². The Morgan fingerprint density at radius 3 is 2.21 bits per heavy atom. The van der Waals surface area contributed by atoms with Gasteiger partial charge in [-0.05, 0) is 77.4 Å². The van der Waals surface area contributed by atoms with Gasteiger partial charge in [0.25, 0.3) is 0 Å². The van der Waals surface area contributed by atoms with Crippen molar-refractivity contribution in [3.05, 3.63) is 93.6 Å². The molecule has 7 heteroatoms. The molecule has 0 aliphatic rings. The molecule has 150 valence electrons. The third-order valence-corrected chi connectivity index (χ3v) is 6.63. The molecule has 29 heavy (non-hydrogen) atoms. The fourth-order valence-electron chi connectivity index (χ4n) is 2.84. The molecule has 0 saturated carbocycles. The predicted molar refractivity (Wildman–Crippen MR) is 123 cm³/mol. The van der Waals surface area contributed by atoms with Gasteiger partial charge in [0.2, 0.25) is 15.9 Å². The van der Waals surface area contributed by atoms with Crippen LogP contribution in [0.5, 0.6) is 0 Å². The van der Waals surface area contributed by atoms with Crippen molar-refractivity contribution in [1.29, 1.82) is 0 Å². The summed E-state index contributed by atoms with van der Waals surface area (Å²) in [5.74, 6) is -0.405. The Kier molecular flexibility index (Phi) is 7.05. The molecule has 1 atom stereocenters. The maximum atomic E-state index is 13.0. The maximum absolute atomic E-state index is 13.0. The third kappa shape index (κ3) is 5.88. The molecule has 0 unspecified atom stereocenters. The second-order valence-electron chi connectivity index (χ2n) is 6.62. The Labute approximate surface area is 184 Å². The highest BCUT2D eigenvalue weighted by Gasteiger charge is 2.26. The van der Waals surface area contributed by atoms with Crippen molar-refractivity contribution < 1.29 is 13.2 Å². The van der Waals surface area contributed by atoms with Gasteiger partial charge in [-0.2, -0.15) is 4.72 Å². The first-order valence-electron chi connectivity index (χ1n) is 9.03. The number of aryl methyl sites for hydroxylation is 1. The molecular formula is C22H21IN2O3S. The largest absolute Gasteiger partial charge is 0.324 e. The maximum Gasteiger partial charge on any atom is 0.242 e.